The Bertz CT molecular complexity index is 332. The van der Waals surface area contributed by atoms with E-state index in [0.717, 1.165) is 32.4 Å². The van der Waals surface area contributed by atoms with E-state index < -0.39 is 11.5 Å². The van der Waals surface area contributed by atoms with Gasteiger partial charge in [0.2, 0.25) is 0 Å². The first kappa shape index (κ1) is 18.4. The molecular weight excluding hydrogens is 264 g/mol. The Balaban J connectivity index is 2.81. The van der Waals surface area contributed by atoms with E-state index in [1.807, 2.05) is 13.8 Å². The van der Waals surface area contributed by atoms with Crippen LogP contribution in [-0.2, 0) is 4.79 Å². The summed E-state index contributed by atoms with van der Waals surface area (Å²) in [6.07, 6.45) is 2.43. The predicted molar refractivity (Wildman–Crippen MR) is 87.5 cm³/mol. The lowest BCUT2D eigenvalue weighted by molar-refractivity contribution is -0.145. The third kappa shape index (κ3) is 5.26. The minimum atomic E-state index is -0.731. The number of nitrogens with one attached hydrogen (secondary N) is 1. The highest BCUT2D eigenvalue weighted by molar-refractivity contribution is 5.79. The van der Waals surface area contributed by atoms with Gasteiger partial charge in [-0.05, 0) is 44.9 Å². The van der Waals surface area contributed by atoms with Crippen molar-refractivity contribution in [1.29, 1.82) is 0 Å². The van der Waals surface area contributed by atoms with Gasteiger partial charge < -0.3 is 5.11 Å². The van der Waals surface area contributed by atoms with Crippen LogP contribution < -0.4 is 5.32 Å². The zero-order chi connectivity index (χ0) is 16.2. The minimum Gasteiger partial charge on any atom is -0.480 e. The van der Waals surface area contributed by atoms with Gasteiger partial charge in [-0.15, -0.1) is 0 Å². The average Bonchev–Trinajstić information content (AvgIpc) is 2.71. The van der Waals surface area contributed by atoms with Crippen molar-refractivity contribution in [1.82, 2.24) is 10.2 Å². The summed E-state index contributed by atoms with van der Waals surface area (Å²) >= 11 is 0. The summed E-state index contributed by atoms with van der Waals surface area (Å²) in [6.45, 7) is 15.1. The fourth-order valence-electron chi connectivity index (χ4n) is 3.58. The molecule has 0 aromatic carbocycles. The van der Waals surface area contributed by atoms with Gasteiger partial charge in [0.1, 0.15) is 5.54 Å². The van der Waals surface area contributed by atoms with Crippen molar-refractivity contribution in [3.63, 3.8) is 0 Å². The van der Waals surface area contributed by atoms with Crippen LogP contribution in [-0.4, -0.2) is 46.7 Å². The van der Waals surface area contributed by atoms with E-state index >= 15 is 0 Å². The maximum Gasteiger partial charge on any atom is 0.323 e. The van der Waals surface area contributed by atoms with Gasteiger partial charge in [-0.3, -0.25) is 15.0 Å². The Morgan fingerprint density at radius 2 is 1.71 bits per heavy atom. The molecule has 4 heteroatoms. The first-order valence-corrected chi connectivity index (χ1v) is 8.41. The molecule has 0 bridgehead atoms. The Labute approximate surface area is 130 Å². The third-order valence-electron chi connectivity index (χ3n) is 4.18. The Hall–Kier alpha value is -0.610. The van der Waals surface area contributed by atoms with Crippen LogP contribution in [0.25, 0.3) is 0 Å². The van der Waals surface area contributed by atoms with Gasteiger partial charge >= 0.3 is 5.97 Å². The van der Waals surface area contributed by atoms with E-state index in [4.69, 9.17) is 0 Å². The summed E-state index contributed by atoms with van der Waals surface area (Å²) < 4.78 is 0. The van der Waals surface area contributed by atoms with Gasteiger partial charge in [0.15, 0.2) is 0 Å². The van der Waals surface area contributed by atoms with Crippen molar-refractivity contribution >= 4 is 5.97 Å². The van der Waals surface area contributed by atoms with Crippen LogP contribution in [0, 0.1) is 11.8 Å². The van der Waals surface area contributed by atoms with Crippen molar-refractivity contribution in [2.24, 2.45) is 11.8 Å². The van der Waals surface area contributed by atoms with Crippen molar-refractivity contribution < 1.29 is 9.90 Å². The standard InChI is InChI=1S/C17H34N2O2/c1-12(2)10-19(11-13(3)4)15-7-8-17(9-15,16(20)21)18-14(5)6/h12-15,18H,7-11H2,1-6H3,(H,20,21). The predicted octanol–water partition coefficient (Wildman–Crippen LogP) is 2.97. The fraction of sp³-hybridized carbons (Fsp3) is 0.941. The molecule has 0 aromatic heterocycles. The van der Waals surface area contributed by atoms with Crippen LogP contribution in [0.2, 0.25) is 0 Å². The largest absolute Gasteiger partial charge is 0.480 e. The molecule has 1 fully saturated rings. The van der Waals surface area contributed by atoms with Crippen LogP contribution in [0.3, 0.4) is 0 Å². The van der Waals surface area contributed by atoms with Crippen LogP contribution in [0.1, 0.15) is 60.8 Å². The minimum absolute atomic E-state index is 0.198. The maximum absolute atomic E-state index is 11.8. The summed E-state index contributed by atoms with van der Waals surface area (Å²) in [5.41, 5.74) is -0.731. The Kier molecular flexibility index (Phi) is 6.67. The highest BCUT2D eigenvalue weighted by Crippen LogP contribution is 2.34. The number of hydrogen-bond acceptors (Lipinski definition) is 3. The van der Waals surface area contributed by atoms with Gasteiger partial charge in [0, 0.05) is 25.2 Å². The summed E-state index contributed by atoms with van der Waals surface area (Å²) in [5.74, 6) is 0.538. The lowest BCUT2D eigenvalue weighted by atomic mass is 9.95. The van der Waals surface area contributed by atoms with Gasteiger partial charge in [0.05, 0.1) is 0 Å². The van der Waals surface area contributed by atoms with Gasteiger partial charge in [-0.1, -0.05) is 27.7 Å². The van der Waals surface area contributed by atoms with E-state index in [-0.39, 0.29) is 6.04 Å². The summed E-state index contributed by atoms with van der Waals surface area (Å²) in [4.78, 5) is 14.3. The Morgan fingerprint density at radius 1 is 1.19 bits per heavy atom. The van der Waals surface area contributed by atoms with Gasteiger partial charge in [-0.2, -0.15) is 0 Å². The SMILES string of the molecule is CC(C)CN(CC(C)C)C1CCC(NC(C)C)(C(=O)O)C1. The second-order valence-corrected chi connectivity index (χ2v) is 7.82. The average molecular weight is 298 g/mol. The van der Waals surface area contributed by atoms with Crippen LogP contribution in [0.15, 0.2) is 0 Å². The zero-order valence-corrected chi connectivity index (χ0v) is 14.6. The molecule has 21 heavy (non-hydrogen) atoms. The molecule has 2 N–H and O–H groups in total. The molecule has 2 atom stereocenters. The molecule has 0 spiro atoms. The number of carbonyl (C=O) groups is 1. The second kappa shape index (κ2) is 7.59. The molecule has 1 aliphatic carbocycles. The van der Waals surface area contributed by atoms with E-state index in [0.29, 0.717) is 17.9 Å². The van der Waals surface area contributed by atoms with Crippen molar-refractivity contribution in [2.45, 2.75) is 78.4 Å². The zero-order valence-electron chi connectivity index (χ0n) is 14.6. The van der Waals surface area contributed by atoms with Crippen molar-refractivity contribution in [3.8, 4) is 0 Å². The van der Waals surface area contributed by atoms with E-state index in [1.165, 1.54) is 0 Å². The van der Waals surface area contributed by atoms with Crippen LogP contribution in [0.4, 0.5) is 0 Å². The normalized spacial score (nSPS) is 26.5. The third-order valence-corrected chi connectivity index (χ3v) is 4.18. The first-order chi connectivity index (χ1) is 9.66. The maximum atomic E-state index is 11.8. The molecule has 124 valence electrons. The lowest BCUT2D eigenvalue weighted by Crippen LogP contribution is -2.54. The molecule has 2 unspecified atom stereocenters. The quantitative estimate of drug-likeness (QED) is 0.723. The number of hydrogen-bond donors (Lipinski definition) is 2. The monoisotopic (exact) mass is 298 g/mol. The van der Waals surface area contributed by atoms with E-state index in [1.54, 1.807) is 0 Å². The molecular formula is C17H34N2O2. The molecule has 1 saturated carbocycles. The highest BCUT2D eigenvalue weighted by Gasteiger charge is 2.47. The van der Waals surface area contributed by atoms with Gasteiger partial charge in [0.25, 0.3) is 0 Å². The van der Waals surface area contributed by atoms with Crippen LogP contribution >= 0.6 is 0 Å². The number of aliphatic carboxylic acids is 1. The summed E-state index contributed by atoms with van der Waals surface area (Å²) in [5, 5.41) is 13.0. The lowest BCUT2D eigenvalue weighted by Gasteiger charge is -2.34. The smallest absolute Gasteiger partial charge is 0.323 e. The molecule has 0 radical (unpaired) electrons. The van der Waals surface area contributed by atoms with E-state index in [2.05, 4.69) is 37.9 Å². The fourth-order valence-corrected chi connectivity index (χ4v) is 3.58. The molecule has 1 aliphatic rings. The number of nitrogens with zero attached hydrogens (tertiary/aromatic N) is 1. The highest BCUT2D eigenvalue weighted by atomic mass is 16.4. The van der Waals surface area contributed by atoms with Crippen molar-refractivity contribution in [3.05, 3.63) is 0 Å². The van der Waals surface area contributed by atoms with Gasteiger partial charge in [-0.25, -0.2) is 0 Å². The molecule has 0 aliphatic heterocycles. The molecule has 0 aromatic rings. The molecule has 0 saturated heterocycles. The first-order valence-electron chi connectivity index (χ1n) is 8.41. The number of rotatable bonds is 8. The second-order valence-electron chi connectivity index (χ2n) is 7.82. The molecule has 1 rings (SSSR count). The van der Waals surface area contributed by atoms with E-state index in [9.17, 15) is 9.90 Å². The summed E-state index contributed by atoms with van der Waals surface area (Å²) in [7, 11) is 0. The molecule has 0 amide bonds. The van der Waals surface area contributed by atoms with Crippen molar-refractivity contribution in [2.75, 3.05) is 13.1 Å². The molecule has 0 heterocycles. The van der Waals surface area contributed by atoms with Crippen LogP contribution in [0.5, 0.6) is 0 Å². The number of carboxylic acids is 1. The Morgan fingerprint density at radius 3 is 2.10 bits per heavy atom. The topological polar surface area (TPSA) is 52.6 Å². The summed E-state index contributed by atoms with van der Waals surface area (Å²) in [6, 6.07) is 0.584. The number of carboxylic acid groups (broad SMARTS) is 1. The molecule has 4 nitrogen and oxygen atoms in total.